The molecule has 0 radical (unpaired) electrons. The van der Waals surface area contributed by atoms with Crippen LogP contribution in [0.15, 0.2) is 22.0 Å². The number of carbonyl (C=O) groups is 1. The van der Waals surface area contributed by atoms with Crippen molar-refractivity contribution < 1.29 is 13.2 Å². The third kappa shape index (κ3) is 3.24. The molecule has 0 heterocycles. The Balaban J connectivity index is 2.70. The summed E-state index contributed by atoms with van der Waals surface area (Å²) in [6.07, 6.45) is 3.55. The van der Waals surface area contributed by atoms with E-state index in [1.807, 2.05) is 6.92 Å². The van der Waals surface area contributed by atoms with Crippen LogP contribution in [0.5, 0.6) is 0 Å². The number of amides is 1. The van der Waals surface area contributed by atoms with E-state index in [4.69, 9.17) is 11.5 Å². The fraction of sp³-hybridized carbons (Fsp3) is 0.429. The van der Waals surface area contributed by atoms with Crippen molar-refractivity contribution in [2.24, 2.45) is 16.5 Å². The monoisotopic (exact) mass is 309 g/mol. The molecule has 1 aliphatic rings. The van der Waals surface area contributed by atoms with Gasteiger partial charge >= 0.3 is 0 Å². The van der Waals surface area contributed by atoms with Crippen LogP contribution in [0.1, 0.15) is 47.2 Å². The van der Waals surface area contributed by atoms with Crippen LogP contribution in [0.4, 0.5) is 0 Å². The summed E-state index contributed by atoms with van der Waals surface area (Å²) in [5.41, 5.74) is 12.0. The predicted octanol–water partition coefficient (Wildman–Crippen LogP) is 0.944. The minimum Gasteiger partial charge on any atom is -0.370 e. The zero-order valence-corrected chi connectivity index (χ0v) is 12.9. The Labute approximate surface area is 124 Å². The lowest BCUT2D eigenvalue weighted by atomic mass is 9.99. The van der Waals surface area contributed by atoms with Gasteiger partial charge in [-0.15, -0.1) is 0 Å². The molecule has 2 rings (SSSR count). The normalized spacial score (nSPS) is 14.8. The molecule has 1 aromatic rings. The third-order valence-corrected chi connectivity index (χ3v) is 4.72. The predicted molar refractivity (Wildman–Crippen MR) is 81.0 cm³/mol. The van der Waals surface area contributed by atoms with Crippen LogP contribution < -0.4 is 11.5 Å². The quantitative estimate of drug-likeness (QED) is 0.634. The molecule has 0 saturated heterocycles. The summed E-state index contributed by atoms with van der Waals surface area (Å²) in [4.78, 5) is 15.8. The molecule has 4 N–H and O–H groups in total. The first-order valence-corrected chi connectivity index (χ1v) is 8.64. The van der Waals surface area contributed by atoms with Crippen LogP contribution >= 0.6 is 0 Å². The number of aliphatic imine (C=N–C) groups is 1. The van der Waals surface area contributed by atoms with Gasteiger partial charge in [0.25, 0.3) is 5.91 Å². The van der Waals surface area contributed by atoms with Crippen LogP contribution in [-0.4, -0.2) is 26.5 Å². The summed E-state index contributed by atoms with van der Waals surface area (Å²) in [5.74, 6) is -0.680. The van der Waals surface area contributed by atoms with Gasteiger partial charge < -0.3 is 11.5 Å². The van der Waals surface area contributed by atoms with E-state index >= 15 is 0 Å². The van der Waals surface area contributed by atoms with E-state index in [0.717, 1.165) is 18.4 Å². The number of hydrogen-bond acceptors (Lipinski definition) is 3. The highest BCUT2D eigenvalue weighted by Crippen LogP contribution is 2.44. The fourth-order valence-electron chi connectivity index (χ4n) is 2.53. The molecule has 0 aromatic heterocycles. The Hall–Kier alpha value is -1.89. The highest BCUT2D eigenvalue weighted by molar-refractivity contribution is 7.90. The van der Waals surface area contributed by atoms with Gasteiger partial charge in [-0.2, -0.15) is 4.99 Å². The van der Waals surface area contributed by atoms with Crippen molar-refractivity contribution >= 4 is 21.7 Å². The number of hydrogen-bond donors (Lipinski definition) is 2. The van der Waals surface area contributed by atoms with Gasteiger partial charge in [0, 0.05) is 11.8 Å². The van der Waals surface area contributed by atoms with Gasteiger partial charge in [-0.25, -0.2) is 8.42 Å². The van der Waals surface area contributed by atoms with Crippen LogP contribution in [0.3, 0.4) is 0 Å². The molecule has 0 unspecified atom stereocenters. The van der Waals surface area contributed by atoms with Crippen molar-refractivity contribution in [3.63, 3.8) is 0 Å². The number of nitrogens with zero attached hydrogens (tertiary/aromatic N) is 1. The van der Waals surface area contributed by atoms with Gasteiger partial charge in [0.05, 0.1) is 4.90 Å². The van der Waals surface area contributed by atoms with E-state index in [1.54, 1.807) is 12.1 Å². The van der Waals surface area contributed by atoms with Crippen LogP contribution in [-0.2, 0) is 16.3 Å². The average molecular weight is 309 g/mol. The van der Waals surface area contributed by atoms with Crippen LogP contribution in [0.2, 0.25) is 0 Å². The van der Waals surface area contributed by atoms with Gasteiger partial charge in [0.2, 0.25) is 0 Å². The molecule has 1 amide bonds. The first-order valence-electron chi connectivity index (χ1n) is 6.75. The zero-order valence-electron chi connectivity index (χ0n) is 12.1. The molecule has 0 bridgehead atoms. The van der Waals surface area contributed by atoms with E-state index in [9.17, 15) is 13.2 Å². The van der Waals surface area contributed by atoms with Crippen molar-refractivity contribution in [2.75, 3.05) is 6.26 Å². The van der Waals surface area contributed by atoms with E-state index in [-0.39, 0.29) is 22.3 Å². The van der Waals surface area contributed by atoms with E-state index in [0.29, 0.717) is 12.0 Å². The Morgan fingerprint density at radius 1 is 1.33 bits per heavy atom. The minimum absolute atomic E-state index is 0.246. The second-order valence-electron chi connectivity index (χ2n) is 5.25. The van der Waals surface area contributed by atoms with Crippen molar-refractivity contribution in [3.05, 3.63) is 28.8 Å². The van der Waals surface area contributed by atoms with Crippen LogP contribution in [0, 0.1) is 0 Å². The Bertz CT molecular complexity index is 715. The highest BCUT2D eigenvalue weighted by Gasteiger charge is 2.32. The van der Waals surface area contributed by atoms with Gasteiger partial charge in [0.1, 0.15) is 0 Å². The number of guanidine groups is 1. The maximum atomic E-state index is 12.2. The first-order chi connectivity index (χ1) is 9.75. The third-order valence-electron chi connectivity index (χ3n) is 3.49. The number of sulfone groups is 1. The van der Waals surface area contributed by atoms with Crippen LogP contribution in [0.25, 0.3) is 0 Å². The SMILES string of the molecule is CCc1c(C(=O)N=C(N)N)ccc(C2CC2)c1S(C)(=O)=O. The summed E-state index contributed by atoms with van der Waals surface area (Å²) in [7, 11) is -3.43. The molecule has 21 heavy (non-hydrogen) atoms. The molecular formula is C14H19N3O3S. The Morgan fingerprint density at radius 2 is 1.95 bits per heavy atom. The molecule has 1 saturated carbocycles. The van der Waals surface area contributed by atoms with Crippen molar-refractivity contribution in [1.29, 1.82) is 0 Å². The van der Waals surface area contributed by atoms with E-state index in [1.165, 1.54) is 6.26 Å². The lowest BCUT2D eigenvalue weighted by Gasteiger charge is -2.15. The first kappa shape index (κ1) is 15.5. The molecular weight excluding hydrogens is 290 g/mol. The minimum atomic E-state index is -3.43. The van der Waals surface area contributed by atoms with Crippen molar-refractivity contribution in [1.82, 2.24) is 0 Å². The summed E-state index contributed by atoms with van der Waals surface area (Å²) >= 11 is 0. The summed E-state index contributed by atoms with van der Waals surface area (Å²) in [6, 6.07) is 3.33. The number of carbonyl (C=O) groups excluding carboxylic acids is 1. The molecule has 1 aliphatic carbocycles. The molecule has 1 aromatic carbocycles. The molecule has 7 heteroatoms. The lowest BCUT2D eigenvalue weighted by molar-refractivity contribution is 0.100. The van der Waals surface area contributed by atoms with E-state index < -0.39 is 15.7 Å². The fourth-order valence-corrected chi connectivity index (χ4v) is 3.89. The second-order valence-corrected chi connectivity index (χ2v) is 7.20. The van der Waals surface area contributed by atoms with Gasteiger partial charge in [0.15, 0.2) is 15.8 Å². The zero-order chi connectivity index (χ0) is 15.8. The molecule has 114 valence electrons. The summed E-state index contributed by atoms with van der Waals surface area (Å²) in [5, 5.41) is 0. The topological polar surface area (TPSA) is 116 Å². The van der Waals surface area contributed by atoms with E-state index in [2.05, 4.69) is 4.99 Å². The average Bonchev–Trinajstić information content (AvgIpc) is 3.19. The maximum Gasteiger partial charge on any atom is 0.280 e. The standard InChI is InChI=1S/C14H19N3O3S/c1-3-9-11(13(18)17-14(15)16)7-6-10(8-4-5-8)12(9)21(2,19)20/h6-8H,3-5H2,1-2H3,(H4,15,16,17,18). The number of nitrogens with two attached hydrogens (primary N) is 2. The number of rotatable bonds is 4. The summed E-state index contributed by atoms with van der Waals surface area (Å²) < 4.78 is 24.3. The van der Waals surface area contributed by atoms with Gasteiger partial charge in [-0.05, 0) is 42.4 Å². The van der Waals surface area contributed by atoms with Crippen molar-refractivity contribution in [3.8, 4) is 0 Å². The second kappa shape index (κ2) is 5.48. The molecule has 0 atom stereocenters. The lowest BCUT2D eigenvalue weighted by Crippen LogP contribution is -2.24. The molecule has 0 spiro atoms. The largest absolute Gasteiger partial charge is 0.370 e. The molecule has 1 fully saturated rings. The molecule has 6 nitrogen and oxygen atoms in total. The van der Waals surface area contributed by atoms with Gasteiger partial charge in [-0.1, -0.05) is 13.0 Å². The highest BCUT2D eigenvalue weighted by atomic mass is 32.2. The molecule has 0 aliphatic heterocycles. The Kier molecular flexibility index (Phi) is 4.04. The smallest absolute Gasteiger partial charge is 0.280 e. The number of benzene rings is 1. The van der Waals surface area contributed by atoms with Crippen molar-refractivity contribution in [2.45, 2.75) is 37.0 Å². The van der Waals surface area contributed by atoms with Gasteiger partial charge in [-0.3, -0.25) is 4.79 Å². The Morgan fingerprint density at radius 3 is 2.38 bits per heavy atom. The maximum absolute atomic E-state index is 12.2. The summed E-state index contributed by atoms with van der Waals surface area (Å²) in [6.45, 7) is 1.81.